The summed E-state index contributed by atoms with van der Waals surface area (Å²) in [5, 5.41) is 19.2. The van der Waals surface area contributed by atoms with E-state index in [9.17, 15) is 20.0 Å². The Morgan fingerprint density at radius 3 is 2.69 bits per heavy atom. The number of nitrogens with zero attached hydrogens (tertiary/aromatic N) is 1. The fraction of sp³-hybridized carbons (Fsp3) is 0.222. The highest BCUT2D eigenvalue weighted by Gasteiger charge is 2.23. The molecule has 0 saturated heterocycles. The van der Waals surface area contributed by atoms with Crippen LogP contribution in [0, 0.1) is 10.1 Å². The van der Waals surface area contributed by atoms with Crippen LogP contribution in [-0.2, 0) is 0 Å². The highest BCUT2D eigenvalue weighted by Crippen LogP contribution is 2.39. The minimum absolute atomic E-state index is 0.105. The minimum atomic E-state index is -0.853. The van der Waals surface area contributed by atoms with Gasteiger partial charge in [0.2, 0.25) is 5.75 Å². The third-order valence-corrected chi connectivity index (χ3v) is 2.01. The summed E-state index contributed by atoms with van der Waals surface area (Å²) in [4.78, 5) is 20.7. The standard InChI is InChI=1S/C9H8ClNO5/c1-2-16-8-5(9(10)13)3-4-6(7(8)12)11(14)15/h3-4,12H,2H2,1H3. The van der Waals surface area contributed by atoms with Gasteiger partial charge in [0.15, 0.2) is 5.75 Å². The zero-order chi connectivity index (χ0) is 12.3. The molecule has 0 saturated carbocycles. The van der Waals surface area contributed by atoms with Crippen LogP contribution in [0.2, 0.25) is 0 Å². The number of nitro groups is 1. The van der Waals surface area contributed by atoms with Crippen molar-refractivity contribution < 1.29 is 19.6 Å². The lowest BCUT2D eigenvalue weighted by Gasteiger charge is -2.08. The van der Waals surface area contributed by atoms with Crippen LogP contribution in [0.15, 0.2) is 12.1 Å². The predicted molar refractivity (Wildman–Crippen MR) is 56.1 cm³/mol. The highest BCUT2D eigenvalue weighted by atomic mass is 35.5. The second-order valence-electron chi connectivity index (χ2n) is 2.77. The normalized spacial score (nSPS) is 9.88. The molecule has 0 aliphatic rings. The topological polar surface area (TPSA) is 89.7 Å². The van der Waals surface area contributed by atoms with Crippen molar-refractivity contribution in [1.29, 1.82) is 0 Å². The van der Waals surface area contributed by atoms with Crippen molar-refractivity contribution in [3.05, 3.63) is 27.8 Å². The number of carbonyl (C=O) groups is 1. The second-order valence-corrected chi connectivity index (χ2v) is 3.12. The van der Waals surface area contributed by atoms with E-state index in [-0.39, 0.29) is 17.9 Å². The lowest BCUT2D eigenvalue weighted by Crippen LogP contribution is -2.01. The van der Waals surface area contributed by atoms with E-state index in [4.69, 9.17) is 16.3 Å². The Morgan fingerprint density at radius 1 is 1.62 bits per heavy atom. The third-order valence-electron chi connectivity index (χ3n) is 1.81. The lowest BCUT2D eigenvalue weighted by molar-refractivity contribution is -0.386. The van der Waals surface area contributed by atoms with Gasteiger partial charge < -0.3 is 9.84 Å². The number of aromatic hydroxyl groups is 1. The van der Waals surface area contributed by atoms with Gasteiger partial charge in [0.1, 0.15) is 0 Å². The molecule has 1 N–H and O–H groups in total. The van der Waals surface area contributed by atoms with Gasteiger partial charge in [0.05, 0.1) is 17.1 Å². The van der Waals surface area contributed by atoms with Crippen molar-refractivity contribution in [3.63, 3.8) is 0 Å². The van der Waals surface area contributed by atoms with Crippen LogP contribution >= 0.6 is 11.6 Å². The molecule has 0 amide bonds. The molecule has 0 bridgehead atoms. The summed E-state index contributed by atoms with van der Waals surface area (Å²) in [6.07, 6.45) is 0. The molecule has 0 unspecified atom stereocenters. The molecule has 0 spiro atoms. The first-order chi connectivity index (χ1) is 7.49. The van der Waals surface area contributed by atoms with E-state index in [0.29, 0.717) is 0 Å². The van der Waals surface area contributed by atoms with Crippen LogP contribution in [0.5, 0.6) is 11.5 Å². The SMILES string of the molecule is CCOc1c(C(=O)Cl)ccc([N+](=O)[O-])c1O. The Hall–Kier alpha value is -1.82. The molecule has 0 aliphatic heterocycles. The number of rotatable bonds is 4. The summed E-state index contributed by atoms with van der Waals surface area (Å²) in [7, 11) is 0. The zero-order valence-corrected chi connectivity index (χ0v) is 9.02. The summed E-state index contributed by atoms with van der Waals surface area (Å²) in [5.74, 6) is -0.963. The Labute approximate surface area is 95.6 Å². The molecule has 1 rings (SSSR count). The fourth-order valence-electron chi connectivity index (χ4n) is 1.15. The molecule has 16 heavy (non-hydrogen) atoms. The van der Waals surface area contributed by atoms with E-state index in [1.54, 1.807) is 6.92 Å². The zero-order valence-electron chi connectivity index (χ0n) is 8.27. The number of nitro benzene ring substituents is 1. The number of benzene rings is 1. The Bertz CT molecular complexity index is 446. The van der Waals surface area contributed by atoms with Crippen molar-refractivity contribution >= 4 is 22.5 Å². The van der Waals surface area contributed by atoms with E-state index in [2.05, 4.69) is 0 Å². The van der Waals surface area contributed by atoms with Crippen LogP contribution in [-0.4, -0.2) is 21.9 Å². The molecule has 0 atom stereocenters. The van der Waals surface area contributed by atoms with Gasteiger partial charge in [0, 0.05) is 6.07 Å². The second kappa shape index (κ2) is 4.80. The molecule has 0 heterocycles. The van der Waals surface area contributed by atoms with Gasteiger partial charge in [-0.2, -0.15) is 0 Å². The molecule has 0 radical (unpaired) electrons. The van der Waals surface area contributed by atoms with Crippen LogP contribution in [0.1, 0.15) is 17.3 Å². The third kappa shape index (κ3) is 2.22. The van der Waals surface area contributed by atoms with E-state index in [1.807, 2.05) is 0 Å². The number of phenols is 1. The van der Waals surface area contributed by atoms with E-state index in [1.165, 1.54) is 0 Å². The first-order valence-electron chi connectivity index (χ1n) is 4.32. The predicted octanol–water partition coefficient (Wildman–Crippen LogP) is 2.08. The molecule has 7 heteroatoms. The Balaban J connectivity index is 3.41. The summed E-state index contributed by atoms with van der Waals surface area (Å²) < 4.78 is 4.96. The van der Waals surface area contributed by atoms with Crippen LogP contribution < -0.4 is 4.74 Å². The van der Waals surface area contributed by atoms with E-state index < -0.39 is 21.6 Å². The Kier molecular flexibility index (Phi) is 3.68. The molecule has 0 aromatic heterocycles. The number of hydrogen-bond donors (Lipinski definition) is 1. The van der Waals surface area contributed by atoms with Crippen LogP contribution in [0.3, 0.4) is 0 Å². The van der Waals surface area contributed by atoms with Gasteiger partial charge >= 0.3 is 5.69 Å². The van der Waals surface area contributed by atoms with Crippen molar-refractivity contribution in [1.82, 2.24) is 0 Å². The van der Waals surface area contributed by atoms with Gasteiger partial charge in [-0.25, -0.2) is 0 Å². The maximum atomic E-state index is 11.0. The number of ether oxygens (including phenoxy) is 1. The number of halogens is 1. The fourth-order valence-corrected chi connectivity index (χ4v) is 1.30. The summed E-state index contributed by atoms with van der Waals surface area (Å²) in [6.45, 7) is 1.76. The molecule has 1 aromatic rings. The maximum absolute atomic E-state index is 11.0. The number of carbonyl (C=O) groups excluding carboxylic acids is 1. The summed E-state index contributed by atoms with van der Waals surface area (Å²) >= 11 is 5.25. The average molecular weight is 246 g/mol. The molecule has 6 nitrogen and oxygen atoms in total. The summed E-state index contributed by atoms with van der Waals surface area (Å²) in [5.41, 5.74) is -0.642. The lowest BCUT2D eigenvalue weighted by atomic mass is 10.1. The maximum Gasteiger partial charge on any atom is 0.314 e. The van der Waals surface area contributed by atoms with E-state index >= 15 is 0 Å². The largest absolute Gasteiger partial charge is 0.499 e. The number of phenolic OH excluding ortho intramolecular Hbond substituents is 1. The molecule has 86 valence electrons. The monoisotopic (exact) mass is 245 g/mol. The quantitative estimate of drug-likeness (QED) is 0.498. The molecule has 1 aromatic carbocycles. The minimum Gasteiger partial charge on any atom is -0.499 e. The van der Waals surface area contributed by atoms with E-state index in [0.717, 1.165) is 12.1 Å². The van der Waals surface area contributed by atoms with Crippen molar-refractivity contribution in [2.24, 2.45) is 0 Å². The first-order valence-corrected chi connectivity index (χ1v) is 4.69. The molecule has 0 aliphatic carbocycles. The summed E-state index contributed by atoms with van der Waals surface area (Å²) in [6, 6.07) is 2.13. The van der Waals surface area contributed by atoms with Crippen LogP contribution in [0.4, 0.5) is 5.69 Å². The van der Waals surface area contributed by atoms with Gasteiger partial charge in [0.25, 0.3) is 5.24 Å². The van der Waals surface area contributed by atoms with Crippen LogP contribution in [0.25, 0.3) is 0 Å². The van der Waals surface area contributed by atoms with Gasteiger partial charge in [-0.3, -0.25) is 14.9 Å². The average Bonchev–Trinajstić information content (AvgIpc) is 2.20. The van der Waals surface area contributed by atoms with Crippen molar-refractivity contribution in [3.8, 4) is 11.5 Å². The van der Waals surface area contributed by atoms with Gasteiger partial charge in [-0.15, -0.1) is 0 Å². The first kappa shape index (κ1) is 12.3. The smallest absolute Gasteiger partial charge is 0.314 e. The molecule has 0 fully saturated rings. The van der Waals surface area contributed by atoms with Crippen molar-refractivity contribution in [2.45, 2.75) is 6.92 Å². The van der Waals surface area contributed by atoms with Gasteiger partial charge in [-0.05, 0) is 24.6 Å². The molecular weight excluding hydrogens is 238 g/mol. The van der Waals surface area contributed by atoms with Crippen molar-refractivity contribution in [2.75, 3.05) is 6.61 Å². The Morgan fingerprint density at radius 2 is 2.25 bits per heavy atom. The number of hydrogen-bond acceptors (Lipinski definition) is 5. The van der Waals surface area contributed by atoms with Gasteiger partial charge in [-0.1, -0.05) is 0 Å². The molecular formula is C9H8ClNO5. The highest BCUT2D eigenvalue weighted by molar-refractivity contribution is 6.68.